The van der Waals surface area contributed by atoms with Crippen LogP contribution in [-0.2, 0) is 20.7 Å². The van der Waals surface area contributed by atoms with Gasteiger partial charge in [-0.1, -0.05) is 24.6 Å². The van der Waals surface area contributed by atoms with Gasteiger partial charge in [0.2, 0.25) is 11.8 Å². The molecule has 3 aliphatic rings. The van der Waals surface area contributed by atoms with Gasteiger partial charge < -0.3 is 19.9 Å². The first kappa shape index (κ1) is 20.3. The molecule has 1 aliphatic carbocycles. The minimum absolute atomic E-state index is 0.00165. The fourth-order valence-electron chi connectivity index (χ4n) is 4.54. The Bertz CT molecular complexity index is 732. The van der Waals surface area contributed by atoms with Crippen molar-refractivity contribution < 1.29 is 18.7 Å². The lowest BCUT2D eigenvalue weighted by molar-refractivity contribution is -0.153. The minimum Gasteiger partial charge on any atom is -0.365 e. The Labute approximate surface area is 171 Å². The zero-order valence-electron chi connectivity index (χ0n) is 16.8. The van der Waals surface area contributed by atoms with Crippen LogP contribution in [0.15, 0.2) is 24.3 Å². The fourth-order valence-corrected chi connectivity index (χ4v) is 4.54. The molecule has 2 amide bonds. The SMILES string of the molecule is O=C(Cc1ccccc1F)NC[C@@H]1CN(C2CCN(C3CCC3)CC2)C(=O)CO1. The number of likely N-dealkylation sites (tertiary alicyclic amines) is 1. The molecular weight excluding hydrogens is 373 g/mol. The molecule has 2 aliphatic heterocycles. The van der Waals surface area contributed by atoms with E-state index in [1.807, 2.05) is 4.90 Å². The predicted molar refractivity (Wildman–Crippen MR) is 107 cm³/mol. The lowest BCUT2D eigenvalue weighted by atomic mass is 9.89. The molecule has 1 N–H and O–H groups in total. The highest BCUT2D eigenvalue weighted by atomic mass is 19.1. The summed E-state index contributed by atoms with van der Waals surface area (Å²) in [6, 6.07) is 7.31. The Kier molecular flexibility index (Phi) is 6.45. The van der Waals surface area contributed by atoms with Gasteiger partial charge in [0.25, 0.3) is 0 Å². The van der Waals surface area contributed by atoms with E-state index in [0.29, 0.717) is 18.7 Å². The molecule has 1 atom stereocenters. The van der Waals surface area contributed by atoms with E-state index in [1.165, 1.54) is 25.3 Å². The van der Waals surface area contributed by atoms with Gasteiger partial charge in [0.05, 0.1) is 12.5 Å². The molecule has 158 valence electrons. The molecule has 1 saturated carbocycles. The zero-order chi connectivity index (χ0) is 20.2. The molecule has 1 aromatic carbocycles. The summed E-state index contributed by atoms with van der Waals surface area (Å²) in [5.74, 6) is -0.571. The molecule has 0 spiro atoms. The number of amides is 2. The maximum absolute atomic E-state index is 13.7. The fraction of sp³-hybridized carbons (Fsp3) is 0.636. The van der Waals surface area contributed by atoms with E-state index < -0.39 is 0 Å². The smallest absolute Gasteiger partial charge is 0.248 e. The third-order valence-electron chi connectivity index (χ3n) is 6.53. The Morgan fingerprint density at radius 3 is 2.59 bits per heavy atom. The number of morpholine rings is 1. The molecule has 0 unspecified atom stereocenters. The largest absolute Gasteiger partial charge is 0.365 e. The van der Waals surface area contributed by atoms with Crippen molar-refractivity contribution in [3.8, 4) is 0 Å². The van der Waals surface area contributed by atoms with Gasteiger partial charge >= 0.3 is 0 Å². The number of rotatable bonds is 6. The second-order valence-electron chi connectivity index (χ2n) is 8.40. The third-order valence-corrected chi connectivity index (χ3v) is 6.53. The van der Waals surface area contributed by atoms with Crippen LogP contribution in [0.25, 0.3) is 0 Å². The highest BCUT2D eigenvalue weighted by Crippen LogP contribution is 2.29. The van der Waals surface area contributed by atoms with E-state index >= 15 is 0 Å². The van der Waals surface area contributed by atoms with Crippen LogP contribution in [0.3, 0.4) is 0 Å². The number of ether oxygens (including phenoxy) is 1. The quantitative estimate of drug-likeness (QED) is 0.786. The molecule has 29 heavy (non-hydrogen) atoms. The first-order valence-electron chi connectivity index (χ1n) is 10.8. The Morgan fingerprint density at radius 1 is 1.14 bits per heavy atom. The molecule has 6 nitrogen and oxygen atoms in total. The van der Waals surface area contributed by atoms with Crippen LogP contribution in [-0.4, -0.2) is 72.6 Å². The molecular formula is C22H30FN3O3. The summed E-state index contributed by atoms with van der Waals surface area (Å²) in [4.78, 5) is 29.1. The van der Waals surface area contributed by atoms with E-state index in [0.717, 1.165) is 32.0 Å². The van der Waals surface area contributed by atoms with Crippen molar-refractivity contribution >= 4 is 11.8 Å². The van der Waals surface area contributed by atoms with Crippen LogP contribution in [0, 0.1) is 5.82 Å². The van der Waals surface area contributed by atoms with Gasteiger partial charge in [0.15, 0.2) is 0 Å². The van der Waals surface area contributed by atoms with E-state index in [4.69, 9.17) is 4.74 Å². The van der Waals surface area contributed by atoms with Crippen molar-refractivity contribution in [3.05, 3.63) is 35.6 Å². The average Bonchev–Trinajstić information content (AvgIpc) is 2.68. The van der Waals surface area contributed by atoms with Crippen LogP contribution >= 0.6 is 0 Å². The van der Waals surface area contributed by atoms with Gasteiger partial charge in [-0.15, -0.1) is 0 Å². The van der Waals surface area contributed by atoms with Crippen LogP contribution < -0.4 is 5.32 Å². The van der Waals surface area contributed by atoms with Crippen LogP contribution in [0.5, 0.6) is 0 Å². The number of hydrogen-bond acceptors (Lipinski definition) is 4. The van der Waals surface area contributed by atoms with Gasteiger partial charge in [-0.2, -0.15) is 0 Å². The number of carbonyl (C=O) groups is 2. The molecule has 4 rings (SSSR count). The van der Waals surface area contributed by atoms with Crippen molar-refractivity contribution in [2.45, 2.75) is 56.7 Å². The molecule has 7 heteroatoms. The predicted octanol–water partition coefficient (Wildman–Crippen LogP) is 1.73. The van der Waals surface area contributed by atoms with Crippen molar-refractivity contribution in [2.24, 2.45) is 0 Å². The number of halogens is 1. The molecule has 0 bridgehead atoms. The van der Waals surface area contributed by atoms with Crippen molar-refractivity contribution in [2.75, 3.05) is 32.8 Å². The molecule has 1 aromatic rings. The zero-order valence-corrected chi connectivity index (χ0v) is 16.8. The second kappa shape index (κ2) is 9.22. The first-order valence-corrected chi connectivity index (χ1v) is 10.8. The Hall–Kier alpha value is -1.99. The number of nitrogens with one attached hydrogen (secondary N) is 1. The van der Waals surface area contributed by atoms with Gasteiger partial charge in [0, 0.05) is 38.3 Å². The highest BCUT2D eigenvalue weighted by molar-refractivity contribution is 5.79. The number of nitrogens with zero attached hydrogens (tertiary/aromatic N) is 2. The van der Waals surface area contributed by atoms with Crippen molar-refractivity contribution in [1.82, 2.24) is 15.1 Å². The maximum atomic E-state index is 13.7. The van der Waals surface area contributed by atoms with Crippen molar-refractivity contribution in [1.29, 1.82) is 0 Å². The van der Waals surface area contributed by atoms with Gasteiger partial charge in [-0.05, 0) is 37.3 Å². The Balaban J connectivity index is 1.24. The van der Waals surface area contributed by atoms with Crippen LogP contribution in [0.4, 0.5) is 4.39 Å². The number of benzene rings is 1. The standard InChI is InChI=1S/C22H30FN3O3/c23-20-7-2-1-4-16(20)12-21(27)24-13-19-14-26(22(28)15-29-19)18-8-10-25(11-9-18)17-5-3-6-17/h1-2,4,7,17-19H,3,5-6,8-15H2,(H,24,27)/t19-/m1/s1. The Morgan fingerprint density at radius 2 is 1.90 bits per heavy atom. The summed E-state index contributed by atoms with van der Waals surface area (Å²) in [5, 5.41) is 2.83. The van der Waals surface area contributed by atoms with E-state index in [-0.39, 0.29) is 42.8 Å². The second-order valence-corrected chi connectivity index (χ2v) is 8.40. The third kappa shape index (κ3) is 4.95. The number of hydrogen-bond donors (Lipinski definition) is 1. The molecule has 2 heterocycles. The monoisotopic (exact) mass is 403 g/mol. The summed E-state index contributed by atoms with van der Waals surface area (Å²) < 4.78 is 19.3. The summed E-state index contributed by atoms with van der Waals surface area (Å²) in [6.45, 7) is 3.02. The molecule has 0 radical (unpaired) electrons. The van der Waals surface area contributed by atoms with Gasteiger partial charge in [-0.3, -0.25) is 9.59 Å². The van der Waals surface area contributed by atoms with Crippen LogP contribution in [0.1, 0.15) is 37.7 Å². The summed E-state index contributed by atoms with van der Waals surface area (Å²) in [7, 11) is 0. The summed E-state index contributed by atoms with van der Waals surface area (Å²) in [5.41, 5.74) is 0.379. The van der Waals surface area contributed by atoms with Crippen LogP contribution in [0.2, 0.25) is 0 Å². The van der Waals surface area contributed by atoms with Gasteiger partial charge in [-0.25, -0.2) is 4.39 Å². The lowest BCUT2D eigenvalue weighted by Gasteiger charge is -2.45. The lowest BCUT2D eigenvalue weighted by Crippen LogP contribution is -2.57. The van der Waals surface area contributed by atoms with Crippen molar-refractivity contribution in [3.63, 3.8) is 0 Å². The number of carbonyl (C=O) groups excluding carboxylic acids is 2. The summed E-state index contributed by atoms with van der Waals surface area (Å²) >= 11 is 0. The number of piperidine rings is 1. The maximum Gasteiger partial charge on any atom is 0.248 e. The first-order chi connectivity index (χ1) is 14.1. The molecule has 0 aromatic heterocycles. The van der Waals surface area contributed by atoms with E-state index in [9.17, 15) is 14.0 Å². The molecule has 2 saturated heterocycles. The molecule has 3 fully saturated rings. The average molecular weight is 403 g/mol. The normalized spacial score (nSPS) is 24.4. The highest BCUT2D eigenvalue weighted by Gasteiger charge is 2.35. The topological polar surface area (TPSA) is 61.9 Å². The van der Waals surface area contributed by atoms with E-state index in [2.05, 4.69) is 10.2 Å². The summed E-state index contributed by atoms with van der Waals surface area (Å²) in [6.07, 6.45) is 5.77. The van der Waals surface area contributed by atoms with E-state index in [1.54, 1.807) is 18.2 Å². The minimum atomic E-state index is -0.374. The van der Waals surface area contributed by atoms with Gasteiger partial charge in [0.1, 0.15) is 12.4 Å².